The molecule has 0 rings (SSSR count). The van der Waals surface area contributed by atoms with E-state index in [-0.39, 0.29) is 68.5 Å². The maximum Gasteiger partial charge on any atom is 0.225 e. The zero-order chi connectivity index (χ0) is 22.3. The van der Waals surface area contributed by atoms with Gasteiger partial charge in [-0.15, -0.1) is 0 Å². The molecule has 0 aromatic carbocycles. The van der Waals surface area contributed by atoms with Crippen LogP contribution in [-0.4, -0.2) is 70.5 Å². The third-order valence-electron chi connectivity index (χ3n) is 3.62. The molecule has 0 aromatic rings. The van der Waals surface area contributed by atoms with Gasteiger partial charge in [0, 0.05) is 46.5 Å². The first-order valence-corrected chi connectivity index (χ1v) is 9.27. The summed E-state index contributed by atoms with van der Waals surface area (Å²) >= 11 is 0. The molecule has 1 unspecified atom stereocenters. The van der Waals surface area contributed by atoms with E-state index >= 15 is 0 Å². The molecule has 9 nitrogen and oxygen atoms in total. The summed E-state index contributed by atoms with van der Waals surface area (Å²) in [7, 11) is 1.20. The lowest BCUT2D eigenvalue weighted by Crippen LogP contribution is -2.38. The van der Waals surface area contributed by atoms with Crippen LogP contribution in [0.4, 0.5) is 0 Å². The van der Waals surface area contributed by atoms with Crippen molar-refractivity contribution >= 4 is 23.5 Å². The summed E-state index contributed by atoms with van der Waals surface area (Å²) in [6, 6.07) is 0. The molecule has 9 heteroatoms. The van der Waals surface area contributed by atoms with Gasteiger partial charge in [0.15, 0.2) is 5.78 Å². The van der Waals surface area contributed by atoms with E-state index in [4.69, 9.17) is 10.8 Å². The van der Waals surface area contributed by atoms with Crippen molar-refractivity contribution in [3.05, 3.63) is 0 Å². The highest BCUT2D eigenvalue weighted by Gasteiger charge is 2.22. The molecular formula is C19H35N3O6. The predicted molar refractivity (Wildman–Crippen MR) is 105 cm³/mol. The van der Waals surface area contributed by atoms with Crippen LogP contribution in [0.2, 0.25) is 0 Å². The molecule has 3 amide bonds. The topological polar surface area (TPSA) is 123 Å². The van der Waals surface area contributed by atoms with Crippen LogP contribution in [0.25, 0.3) is 0 Å². The van der Waals surface area contributed by atoms with Gasteiger partial charge in [-0.25, -0.2) is 0 Å². The van der Waals surface area contributed by atoms with Crippen molar-refractivity contribution in [3.63, 3.8) is 0 Å². The largest absolute Gasteiger partial charge is 0.384 e. The summed E-state index contributed by atoms with van der Waals surface area (Å²) < 4.78 is 16.8. The van der Waals surface area contributed by atoms with Crippen LogP contribution in [0, 0.1) is 11.3 Å². The van der Waals surface area contributed by atoms with Crippen LogP contribution in [-0.2, 0) is 28.7 Å². The summed E-state index contributed by atoms with van der Waals surface area (Å²) in [5.74, 6) is -1.92. The molecular weight excluding hydrogens is 366 g/mol. The van der Waals surface area contributed by atoms with Gasteiger partial charge in [-0.05, 0) is 5.41 Å². The molecule has 0 aliphatic carbocycles. The Morgan fingerprint density at radius 2 is 1.71 bits per heavy atom. The molecule has 0 fully saturated rings. The van der Waals surface area contributed by atoms with Crippen LogP contribution >= 0.6 is 0 Å². The van der Waals surface area contributed by atoms with Gasteiger partial charge in [-0.1, -0.05) is 20.8 Å². The first-order valence-electron chi connectivity index (χ1n) is 9.98. The monoisotopic (exact) mass is 402 g/mol. The van der Waals surface area contributed by atoms with E-state index in [1.165, 1.54) is 7.11 Å². The Labute approximate surface area is 168 Å². The lowest BCUT2D eigenvalue weighted by Gasteiger charge is -2.17. The van der Waals surface area contributed by atoms with Crippen LogP contribution in [0.3, 0.4) is 0 Å². The number of rotatable bonds is 14. The second kappa shape index (κ2) is 14.1. The smallest absolute Gasteiger partial charge is 0.225 e. The minimum Gasteiger partial charge on any atom is -0.384 e. The number of ether oxygens (including phenoxy) is 2. The highest BCUT2D eigenvalue weighted by molar-refractivity contribution is 5.90. The van der Waals surface area contributed by atoms with Crippen molar-refractivity contribution in [2.75, 3.05) is 47.0 Å². The maximum absolute atomic E-state index is 12.1. The quantitative estimate of drug-likeness (QED) is 0.352. The molecule has 0 aliphatic heterocycles. The van der Waals surface area contributed by atoms with Gasteiger partial charge >= 0.3 is 0 Å². The molecule has 0 saturated carbocycles. The lowest BCUT2D eigenvalue weighted by molar-refractivity contribution is -0.131. The first-order chi connectivity index (χ1) is 13.6. The summed E-state index contributed by atoms with van der Waals surface area (Å²) in [4.78, 5) is 47.7. The molecule has 0 aromatic heterocycles. The molecule has 0 aliphatic rings. The molecule has 1 atom stereocenters. The molecule has 0 radical (unpaired) electrons. The SMILES string of the molecule is [2H]COCC(CC(=O)CNC(=O)CCNC(=O)CC(C)(C)C)C(=O)NCCOC. The predicted octanol–water partition coefficient (Wildman–Crippen LogP) is 0.0295. The number of carbonyl (C=O) groups is 4. The van der Waals surface area contributed by atoms with Gasteiger partial charge in [0.1, 0.15) is 0 Å². The van der Waals surface area contributed by atoms with E-state index in [9.17, 15) is 19.2 Å². The average molecular weight is 403 g/mol. The van der Waals surface area contributed by atoms with Crippen molar-refractivity contribution in [1.29, 1.82) is 0 Å². The number of carbonyl (C=O) groups excluding carboxylic acids is 4. The normalized spacial score (nSPS) is 12.6. The Morgan fingerprint density at radius 1 is 1.00 bits per heavy atom. The molecule has 0 heterocycles. The van der Waals surface area contributed by atoms with Gasteiger partial charge in [0.25, 0.3) is 0 Å². The number of methoxy groups -OCH3 is 2. The van der Waals surface area contributed by atoms with E-state index < -0.39 is 5.92 Å². The van der Waals surface area contributed by atoms with E-state index in [1.54, 1.807) is 0 Å². The van der Waals surface area contributed by atoms with Crippen molar-refractivity contribution < 1.29 is 30.0 Å². The minimum atomic E-state index is -0.738. The summed E-state index contributed by atoms with van der Waals surface area (Å²) in [6.07, 6.45) is 0.314. The number of nitrogens with one attached hydrogen (secondary N) is 3. The molecule has 0 bridgehead atoms. The average Bonchev–Trinajstić information content (AvgIpc) is 2.62. The van der Waals surface area contributed by atoms with Gasteiger partial charge in [0.2, 0.25) is 17.7 Å². The fourth-order valence-electron chi connectivity index (χ4n) is 2.28. The van der Waals surface area contributed by atoms with Crippen molar-refractivity contribution in [2.24, 2.45) is 11.3 Å². The zero-order valence-electron chi connectivity index (χ0n) is 18.4. The molecule has 0 spiro atoms. The van der Waals surface area contributed by atoms with Crippen molar-refractivity contribution in [3.8, 4) is 0 Å². The van der Waals surface area contributed by atoms with Gasteiger partial charge in [0.05, 0.1) is 27.0 Å². The standard InChI is InChI=1S/C19H35N3O6/c1-19(2,3)11-17(25)20-7-6-16(24)22-12-15(23)10-14(13-28-5)18(26)21-8-9-27-4/h14H,6-13H2,1-5H3,(H,20,25)(H,21,26)(H,22,24)/i5D. The summed E-state index contributed by atoms with van der Waals surface area (Å²) in [6.45, 7) is 6.42. The van der Waals surface area contributed by atoms with E-state index in [0.29, 0.717) is 19.6 Å². The fourth-order valence-corrected chi connectivity index (χ4v) is 2.28. The highest BCUT2D eigenvalue weighted by Crippen LogP contribution is 2.17. The second-order valence-electron chi connectivity index (χ2n) is 7.71. The number of ketones is 1. The van der Waals surface area contributed by atoms with E-state index in [0.717, 1.165) is 0 Å². The number of Topliss-reactive ketones (excluding diaryl/α,β-unsaturated/α-hetero) is 1. The van der Waals surface area contributed by atoms with Gasteiger partial charge in [-0.3, -0.25) is 19.2 Å². The second-order valence-corrected chi connectivity index (χ2v) is 7.71. The van der Waals surface area contributed by atoms with E-state index in [1.807, 2.05) is 20.8 Å². The Morgan fingerprint density at radius 3 is 2.32 bits per heavy atom. The maximum atomic E-state index is 12.1. The number of amides is 3. The molecule has 0 saturated heterocycles. The third kappa shape index (κ3) is 14.1. The summed E-state index contributed by atoms with van der Waals surface area (Å²) in [5.41, 5.74) is -0.130. The van der Waals surface area contributed by atoms with E-state index in [2.05, 4.69) is 16.0 Å². The molecule has 28 heavy (non-hydrogen) atoms. The number of hydrogen-bond donors (Lipinski definition) is 3. The van der Waals surface area contributed by atoms with Crippen molar-refractivity contribution in [1.82, 2.24) is 16.0 Å². The zero-order valence-corrected chi connectivity index (χ0v) is 17.4. The number of hydrogen-bond acceptors (Lipinski definition) is 6. The Kier molecular flexibility index (Phi) is 12.1. The van der Waals surface area contributed by atoms with Crippen LogP contribution in [0.1, 0.15) is 41.4 Å². The van der Waals surface area contributed by atoms with Crippen molar-refractivity contribution in [2.45, 2.75) is 40.0 Å². The molecule has 162 valence electrons. The Hall–Kier alpha value is -2.00. The third-order valence-corrected chi connectivity index (χ3v) is 3.62. The first kappa shape index (κ1) is 24.0. The van der Waals surface area contributed by atoms with Crippen LogP contribution < -0.4 is 16.0 Å². The van der Waals surface area contributed by atoms with Gasteiger partial charge < -0.3 is 25.4 Å². The van der Waals surface area contributed by atoms with Crippen LogP contribution in [0.5, 0.6) is 0 Å². The van der Waals surface area contributed by atoms with Crippen LogP contribution in [0.15, 0.2) is 0 Å². The Bertz CT molecular complexity index is 537. The minimum absolute atomic E-state index is 0.0538. The Balaban J connectivity index is 4.24. The van der Waals surface area contributed by atoms with Gasteiger partial charge in [-0.2, -0.15) is 0 Å². The summed E-state index contributed by atoms with van der Waals surface area (Å²) in [5, 5.41) is 7.79. The highest BCUT2D eigenvalue weighted by atomic mass is 16.5. The lowest BCUT2D eigenvalue weighted by atomic mass is 9.92. The fraction of sp³-hybridized carbons (Fsp3) is 0.789. The molecule has 3 N–H and O–H groups in total.